The van der Waals surface area contributed by atoms with E-state index < -0.39 is 28.5 Å². The van der Waals surface area contributed by atoms with Crippen molar-refractivity contribution in [3.8, 4) is 5.75 Å². The molecule has 0 bridgehead atoms. The number of aryl methyl sites for hydroxylation is 1. The fourth-order valence-electron chi connectivity index (χ4n) is 3.91. The Labute approximate surface area is 218 Å². The predicted octanol–water partition coefficient (Wildman–Crippen LogP) is 3.75. The van der Waals surface area contributed by atoms with Crippen molar-refractivity contribution < 1.29 is 22.7 Å². The highest BCUT2D eigenvalue weighted by atomic mass is 32.2. The molecule has 0 aliphatic carbocycles. The van der Waals surface area contributed by atoms with Gasteiger partial charge in [0.25, 0.3) is 10.0 Å². The van der Waals surface area contributed by atoms with Crippen molar-refractivity contribution in [3.63, 3.8) is 0 Å². The number of hydrogen-bond acceptors (Lipinski definition) is 5. The van der Waals surface area contributed by atoms with Crippen LogP contribution in [0.15, 0.2) is 83.8 Å². The molecule has 0 saturated carbocycles. The summed E-state index contributed by atoms with van der Waals surface area (Å²) in [7, 11) is -2.62. The maximum absolute atomic E-state index is 13.8. The Hall–Kier alpha value is -3.85. The summed E-state index contributed by atoms with van der Waals surface area (Å²) in [6, 6.07) is 21.3. The first-order valence-electron chi connectivity index (χ1n) is 12.0. The van der Waals surface area contributed by atoms with E-state index in [9.17, 15) is 18.0 Å². The van der Waals surface area contributed by atoms with Gasteiger partial charge < -0.3 is 15.0 Å². The van der Waals surface area contributed by atoms with Gasteiger partial charge in [0.15, 0.2) is 0 Å². The molecule has 37 heavy (non-hydrogen) atoms. The molecule has 0 saturated heterocycles. The number of sulfonamides is 1. The number of benzene rings is 3. The number of nitrogens with zero attached hydrogens (tertiary/aromatic N) is 2. The molecule has 0 spiro atoms. The summed E-state index contributed by atoms with van der Waals surface area (Å²) >= 11 is 0. The van der Waals surface area contributed by atoms with E-state index in [4.69, 9.17) is 4.74 Å². The lowest BCUT2D eigenvalue weighted by atomic mass is 10.1. The van der Waals surface area contributed by atoms with Gasteiger partial charge in [0.2, 0.25) is 11.8 Å². The highest BCUT2D eigenvalue weighted by molar-refractivity contribution is 7.92. The molecular formula is C28H33N3O5S. The van der Waals surface area contributed by atoms with E-state index in [1.165, 1.54) is 24.1 Å². The first kappa shape index (κ1) is 27.7. The van der Waals surface area contributed by atoms with E-state index in [1.54, 1.807) is 56.3 Å². The molecule has 0 aliphatic rings. The second-order valence-electron chi connectivity index (χ2n) is 8.60. The minimum absolute atomic E-state index is 0.0203. The third-order valence-electron chi connectivity index (χ3n) is 5.92. The van der Waals surface area contributed by atoms with Crippen LogP contribution in [0, 0.1) is 6.92 Å². The summed E-state index contributed by atoms with van der Waals surface area (Å²) in [4.78, 5) is 27.9. The zero-order valence-corrected chi connectivity index (χ0v) is 22.4. The van der Waals surface area contributed by atoms with E-state index in [0.717, 1.165) is 15.4 Å². The summed E-state index contributed by atoms with van der Waals surface area (Å²) in [6.07, 6.45) is 0. The van der Waals surface area contributed by atoms with Gasteiger partial charge in [-0.2, -0.15) is 0 Å². The van der Waals surface area contributed by atoms with Crippen molar-refractivity contribution in [1.29, 1.82) is 0 Å². The Balaban J connectivity index is 2.00. The Morgan fingerprint density at radius 2 is 1.65 bits per heavy atom. The van der Waals surface area contributed by atoms with Gasteiger partial charge in [-0.1, -0.05) is 48.0 Å². The van der Waals surface area contributed by atoms with Crippen molar-refractivity contribution >= 4 is 27.5 Å². The average molecular weight is 524 g/mol. The second-order valence-corrected chi connectivity index (χ2v) is 10.5. The number of para-hydroxylation sites is 1. The van der Waals surface area contributed by atoms with Crippen LogP contribution in [-0.2, 0) is 26.2 Å². The topological polar surface area (TPSA) is 96.0 Å². The Kier molecular flexibility index (Phi) is 9.30. The van der Waals surface area contributed by atoms with Crippen LogP contribution >= 0.6 is 0 Å². The van der Waals surface area contributed by atoms with Crippen molar-refractivity contribution in [2.75, 3.05) is 24.5 Å². The van der Waals surface area contributed by atoms with Crippen molar-refractivity contribution in [2.45, 2.75) is 38.3 Å². The molecular weight excluding hydrogens is 490 g/mol. The van der Waals surface area contributed by atoms with Crippen LogP contribution in [0.25, 0.3) is 0 Å². The number of methoxy groups -OCH3 is 1. The lowest BCUT2D eigenvalue weighted by Gasteiger charge is -2.32. The molecule has 0 heterocycles. The number of hydrogen-bond donors (Lipinski definition) is 1. The number of ether oxygens (including phenoxy) is 1. The minimum Gasteiger partial charge on any atom is -0.497 e. The van der Waals surface area contributed by atoms with Crippen LogP contribution in [0.4, 0.5) is 5.69 Å². The van der Waals surface area contributed by atoms with E-state index in [0.29, 0.717) is 18.0 Å². The first-order chi connectivity index (χ1) is 17.7. The van der Waals surface area contributed by atoms with Crippen LogP contribution in [0.5, 0.6) is 5.75 Å². The fourth-order valence-corrected chi connectivity index (χ4v) is 5.32. The highest BCUT2D eigenvalue weighted by Gasteiger charge is 2.32. The number of anilines is 1. The smallest absolute Gasteiger partial charge is 0.264 e. The molecule has 1 N–H and O–H groups in total. The largest absolute Gasteiger partial charge is 0.497 e. The van der Waals surface area contributed by atoms with Gasteiger partial charge in [-0.15, -0.1) is 0 Å². The zero-order valence-electron chi connectivity index (χ0n) is 21.5. The minimum atomic E-state index is -4.11. The quantitative estimate of drug-likeness (QED) is 0.413. The molecule has 3 aromatic carbocycles. The van der Waals surface area contributed by atoms with Crippen LogP contribution in [0.3, 0.4) is 0 Å². The normalized spacial score (nSPS) is 11.9. The van der Waals surface area contributed by atoms with Crippen LogP contribution in [-0.4, -0.2) is 51.4 Å². The summed E-state index contributed by atoms with van der Waals surface area (Å²) < 4.78 is 33.7. The third kappa shape index (κ3) is 6.89. The van der Waals surface area contributed by atoms with Crippen LogP contribution in [0.2, 0.25) is 0 Å². The standard InChI is InChI=1S/C28H33N3O5S/c1-5-29-28(33)22(3)30(19-23-11-9-10-21(2)18-23)27(32)20-31(24-12-7-6-8-13-24)37(34,35)26-16-14-25(36-4)15-17-26/h6-18,22H,5,19-20H2,1-4H3,(H,29,33)/t22-/m1/s1. The maximum Gasteiger partial charge on any atom is 0.264 e. The molecule has 1 atom stereocenters. The summed E-state index contributed by atoms with van der Waals surface area (Å²) in [5.74, 6) is -0.296. The van der Waals surface area contributed by atoms with E-state index in [1.807, 2.05) is 31.2 Å². The molecule has 196 valence electrons. The lowest BCUT2D eigenvalue weighted by Crippen LogP contribution is -2.51. The van der Waals surface area contributed by atoms with Crippen molar-refractivity contribution in [1.82, 2.24) is 10.2 Å². The number of carbonyl (C=O) groups excluding carboxylic acids is 2. The van der Waals surface area contributed by atoms with Gasteiger partial charge in [0.1, 0.15) is 18.3 Å². The van der Waals surface area contributed by atoms with Crippen LogP contribution in [0.1, 0.15) is 25.0 Å². The fraction of sp³-hybridized carbons (Fsp3) is 0.286. The van der Waals surface area contributed by atoms with Gasteiger partial charge in [-0.3, -0.25) is 13.9 Å². The first-order valence-corrected chi connectivity index (χ1v) is 13.5. The Morgan fingerprint density at radius 3 is 2.24 bits per heavy atom. The molecule has 0 aliphatic heterocycles. The number of amides is 2. The number of rotatable bonds is 11. The maximum atomic E-state index is 13.8. The Bertz CT molecular complexity index is 1310. The summed E-state index contributed by atoms with van der Waals surface area (Å²) in [5, 5.41) is 2.75. The van der Waals surface area contributed by atoms with Gasteiger partial charge >= 0.3 is 0 Å². The van der Waals surface area contributed by atoms with Gasteiger partial charge in [0, 0.05) is 13.1 Å². The molecule has 8 nitrogen and oxygen atoms in total. The molecule has 3 aromatic rings. The van der Waals surface area contributed by atoms with Gasteiger partial charge in [0.05, 0.1) is 17.7 Å². The summed E-state index contributed by atoms with van der Waals surface area (Å²) in [6.45, 7) is 5.48. The molecule has 3 rings (SSSR count). The SMILES string of the molecule is CCNC(=O)[C@@H](C)N(Cc1cccc(C)c1)C(=O)CN(c1ccccc1)S(=O)(=O)c1ccc(OC)cc1. The highest BCUT2D eigenvalue weighted by Crippen LogP contribution is 2.25. The second kappa shape index (κ2) is 12.4. The molecule has 0 radical (unpaired) electrons. The molecule has 9 heteroatoms. The molecule has 0 fully saturated rings. The number of carbonyl (C=O) groups is 2. The monoisotopic (exact) mass is 523 g/mol. The van der Waals surface area contributed by atoms with Crippen molar-refractivity contribution in [3.05, 3.63) is 90.0 Å². The molecule has 0 aromatic heterocycles. The number of likely N-dealkylation sites (N-methyl/N-ethyl adjacent to an activating group) is 1. The van der Waals surface area contributed by atoms with Crippen LogP contribution < -0.4 is 14.4 Å². The number of nitrogens with one attached hydrogen (secondary N) is 1. The van der Waals surface area contributed by atoms with Crippen molar-refractivity contribution in [2.24, 2.45) is 0 Å². The van der Waals surface area contributed by atoms with Gasteiger partial charge in [-0.25, -0.2) is 8.42 Å². The molecule has 2 amide bonds. The van der Waals surface area contributed by atoms with E-state index >= 15 is 0 Å². The Morgan fingerprint density at radius 1 is 0.973 bits per heavy atom. The lowest BCUT2D eigenvalue weighted by molar-refractivity contribution is -0.139. The predicted molar refractivity (Wildman–Crippen MR) is 144 cm³/mol. The average Bonchev–Trinajstić information content (AvgIpc) is 2.90. The zero-order chi connectivity index (χ0) is 27.0. The van der Waals surface area contributed by atoms with E-state index in [-0.39, 0.29) is 17.3 Å². The van der Waals surface area contributed by atoms with E-state index in [2.05, 4.69) is 5.32 Å². The third-order valence-corrected chi connectivity index (χ3v) is 7.71. The van der Waals surface area contributed by atoms with Gasteiger partial charge in [-0.05, 0) is 62.7 Å². The molecule has 0 unspecified atom stereocenters. The summed E-state index contributed by atoms with van der Waals surface area (Å²) in [5.41, 5.74) is 2.20.